The fourth-order valence-corrected chi connectivity index (χ4v) is 11.4. The van der Waals surface area contributed by atoms with Crippen LogP contribution in [0.2, 0.25) is 0 Å². The molecule has 14 rings (SSSR count). The molecule has 0 spiro atoms. The predicted octanol–water partition coefficient (Wildman–Crippen LogP) is 15.2. The van der Waals surface area contributed by atoms with Gasteiger partial charge in [-0.3, -0.25) is 4.57 Å². The van der Waals surface area contributed by atoms with E-state index in [0.29, 0.717) is 5.95 Å². The lowest BCUT2D eigenvalue weighted by atomic mass is 9.98. The first-order valence-corrected chi connectivity index (χ1v) is 21.6. The van der Waals surface area contributed by atoms with Crippen LogP contribution in [0.25, 0.3) is 131 Å². The second-order valence-electron chi connectivity index (χ2n) is 16.1. The molecule has 0 fully saturated rings. The third-order valence-electron chi connectivity index (χ3n) is 12.9. The Morgan fingerprint density at radius 1 is 0.393 bits per heavy atom. The van der Waals surface area contributed by atoms with E-state index in [0.717, 1.165) is 44.4 Å². The van der Waals surface area contributed by atoms with Crippen molar-refractivity contribution in [2.75, 3.05) is 0 Å². The largest absolute Gasteiger partial charge is 0.309 e. The number of aromatic nitrogens is 4. The van der Waals surface area contributed by atoms with Crippen LogP contribution in [0, 0.1) is 0 Å². The van der Waals surface area contributed by atoms with Gasteiger partial charge in [-0.05, 0) is 88.1 Å². The Hall–Kier alpha value is -7.86. The predicted molar refractivity (Wildman–Crippen MR) is 256 cm³/mol. The highest BCUT2D eigenvalue weighted by Crippen LogP contribution is 2.55. The van der Waals surface area contributed by atoms with Gasteiger partial charge in [-0.2, -0.15) is 0 Å². The molecule has 0 N–H and O–H groups in total. The Bertz CT molecular complexity index is 3990. The zero-order chi connectivity index (χ0) is 39.8. The number of rotatable bonds is 4. The van der Waals surface area contributed by atoms with Gasteiger partial charge in [0.15, 0.2) is 0 Å². The Morgan fingerprint density at radius 2 is 1.03 bits per heavy atom. The number of fused-ring (bicyclic) bond motifs is 12. The van der Waals surface area contributed by atoms with Crippen molar-refractivity contribution < 1.29 is 0 Å². The summed E-state index contributed by atoms with van der Waals surface area (Å²) in [6.45, 7) is 0. The van der Waals surface area contributed by atoms with Crippen LogP contribution in [0.1, 0.15) is 0 Å². The van der Waals surface area contributed by atoms with Gasteiger partial charge in [0.05, 0.1) is 33.3 Å². The van der Waals surface area contributed by atoms with Crippen molar-refractivity contribution >= 4 is 86.7 Å². The van der Waals surface area contributed by atoms with Gasteiger partial charge in [-0.1, -0.05) is 133 Å². The summed E-state index contributed by atoms with van der Waals surface area (Å²) in [4.78, 5) is 12.2. The Morgan fingerprint density at radius 3 is 1.87 bits per heavy atom. The van der Waals surface area contributed by atoms with Crippen LogP contribution in [-0.2, 0) is 0 Å². The van der Waals surface area contributed by atoms with Crippen LogP contribution < -0.4 is 0 Å². The lowest BCUT2D eigenvalue weighted by molar-refractivity contribution is 1.01. The van der Waals surface area contributed by atoms with Crippen molar-refractivity contribution in [2.45, 2.75) is 0 Å². The summed E-state index contributed by atoms with van der Waals surface area (Å²) in [5.41, 5.74) is 14.9. The van der Waals surface area contributed by atoms with Crippen LogP contribution in [0.4, 0.5) is 0 Å². The van der Waals surface area contributed by atoms with Crippen molar-refractivity contribution in [1.29, 1.82) is 0 Å². The van der Waals surface area contributed by atoms with Crippen LogP contribution in [-0.4, -0.2) is 19.1 Å². The third-order valence-corrected chi connectivity index (χ3v) is 14.1. The Labute approximate surface area is 353 Å². The summed E-state index contributed by atoms with van der Waals surface area (Å²) in [6, 6.07) is 70.4. The SMILES string of the molecule is c1ccc(-n2c3ccccc3c3ccc(-c4nc(-n5c6ccccc6c6cc(-c7ccc8sc9c(c8c7)-c7cccc8cccc-9c78)ccc65)nc5ccccc45)cc32)cc1. The van der Waals surface area contributed by atoms with Crippen molar-refractivity contribution in [2.24, 2.45) is 0 Å². The van der Waals surface area contributed by atoms with E-state index in [2.05, 4.69) is 203 Å². The topological polar surface area (TPSA) is 35.6 Å². The van der Waals surface area contributed by atoms with Gasteiger partial charge in [0.25, 0.3) is 0 Å². The Balaban J connectivity index is 0.952. The fraction of sp³-hybridized carbons (Fsp3) is 0. The van der Waals surface area contributed by atoms with E-state index in [9.17, 15) is 0 Å². The van der Waals surface area contributed by atoms with Gasteiger partial charge < -0.3 is 4.57 Å². The maximum absolute atomic E-state index is 5.50. The first kappa shape index (κ1) is 33.0. The highest BCUT2D eigenvalue weighted by atomic mass is 32.1. The summed E-state index contributed by atoms with van der Waals surface area (Å²) in [6.07, 6.45) is 0. The first-order valence-electron chi connectivity index (χ1n) is 20.7. The lowest BCUT2D eigenvalue weighted by Crippen LogP contribution is -2.03. The smallest absolute Gasteiger partial charge is 0.235 e. The zero-order valence-electron chi connectivity index (χ0n) is 32.7. The number of hydrogen-bond donors (Lipinski definition) is 0. The highest BCUT2D eigenvalue weighted by Gasteiger charge is 2.26. The number of thiophene rings is 1. The number of para-hydroxylation sites is 4. The van der Waals surface area contributed by atoms with Gasteiger partial charge in [0.2, 0.25) is 5.95 Å². The summed E-state index contributed by atoms with van der Waals surface area (Å²) < 4.78 is 5.94. The second-order valence-corrected chi connectivity index (χ2v) is 17.2. The first-order chi connectivity index (χ1) is 30.2. The highest BCUT2D eigenvalue weighted by molar-refractivity contribution is 7.23. The van der Waals surface area contributed by atoms with E-state index >= 15 is 0 Å². The number of hydrogen-bond acceptors (Lipinski definition) is 3. The summed E-state index contributed by atoms with van der Waals surface area (Å²) in [5, 5.41) is 9.81. The molecule has 0 bridgehead atoms. The molecule has 0 atom stereocenters. The van der Waals surface area contributed by atoms with E-state index in [1.165, 1.54) is 80.6 Å². The molecule has 13 aromatic rings. The minimum atomic E-state index is 0.653. The molecule has 4 heterocycles. The molecule has 9 aromatic carbocycles. The Kier molecular flexibility index (Phi) is 6.68. The molecule has 0 amide bonds. The van der Waals surface area contributed by atoms with Gasteiger partial charge >= 0.3 is 0 Å². The number of nitrogens with zero attached hydrogens (tertiary/aromatic N) is 4. The van der Waals surface area contributed by atoms with Crippen LogP contribution in [0.5, 0.6) is 0 Å². The summed E-state index contributed by atoms with van der Waals surface area (Å²) >= 11 is 1.91. The van der Waals surface area contributed by atoms with E-state index in [4.69, 9.17) is 9.97 Å². The lowest BCUT2D eigenvalue weighted by Gasteiger charge is -2.13. The second kappa shape index (κ2) is 12.3. The average Bonchev–Trinajstić information content (AvgIpc) is 4.05. The minimum absolute atomic E-state index is 0.653. The molecule has 0 aliphatic heterocycles. The molecule has 1 aliphatic carbocycles. The third kappa shape index (κ3) is 4.64. The van der Waals surface area contributed by atoms with E-state index in [1.807, 2.05) is 11.3 Å². The van der Waals surface area contributed by atoms with Crippen LogP contribution in [0.15, 0.2) is 194 Å². The maximum Gasteiger partial charge on any atom is 0.235 e. The normalized spacial score (nSPS) is 12.3. The number of benzene rings is 9. The van der Waals surface area contributed by atoms with E-state index in [-0.39, 0.29) is 0 Å². The molecular weight excluding hydrogens is 761 g/mol. The van der Waals surface area contributed by atoms with E-state index < -0.39 is 0 Å². The van der Waals surface area contributed by atoms with Crippen molar-refractivity contribution in [3.05, 3.63) is 194 Å². The molecular formula is C56H32N4S. The molecule has 0 saturated heterocycles. The van der Waals surface area contributed by atoms with E-state index in [1.54, 1.807) is 0 Å². The summed E-state index contributed by atoms with van der Waals surface area (Å²) in [5.74, 6) is 0.653. The van der Waals surface area contributed by atoms with Crippen molar-refractivity contribution in [1.82, 2.24) is 19.1 Å². The van der Waals surface area contributed by atoms with Crippen molar-refractivity contribution in [3.63, 3.8) is 0 Å². The quantitative estimate of drug-likeness (QED) is 0.178. The molecule has 0 unspecified atom stereocenters. The molecule has 4 aromatic heterocycles. The van der Waals surface area contributed by atoms with Crippen LogP contribution >= 0.6 is 11.3 Å². The average molecular weight is 793 g/mol. The van der Waals surface area contributed by atoms with Crippen molar-refractivity contribution in [3.8, 4) is 55.6 Å². The van der Waals surface area contributed by atoms with Gasteiger partial charge in [-0.25, -0.2) is 9.97 Å². The zero-order valence-corrected chi connectivity index (χ0v) is 33.5. The fourth-order valence-electron chi connectivity index (χ4n) is 10.2. The minimum Gasteiger partial charge on any atom is -0.309 e. The van der Waals surface area contributed by atoms with Gasteiger partial charge in [0.1, 0.15) is 0 Å². The maximum atomic E-state index is 5.50. The van der Waals surface area contributed by atoms with Gasteiger partial charge in [-0.15, -0.1) is 11.3 Å². The molecule has 5 heteroatoms. The molecule has 0 saturated carbocycles. The van der Waals surface area contributed by atoms with Crippen LogP contribution in [0.3, 0.4) is 0 Å². The van der Waals surface area contributed by atoms with Gasteiger partial charge in [0, 0.05) is 64.3 Å². The molecule has 1 aliphatic rings. The molecule has 0 radical (unpaired) electrons. The molecule has 4 nitrogen and oxygen atoms in total. The standard InChI is InChI=1S/C56H32N4S/c1-2-14-37(15-3-1)59-47-22-8-5-16-38(47)40-27-24-36(32-50(40)59)54-41-18-4-7-21-46(41)57-56(58-54)60-48-23-9-6-17-39(48)44-30-34(25-28-49(44)60)35-26-29-51-45(31-35)53-42-19-10-12-33-13-11-20-43(52(33)42)55(53)61-51/h1-32H. The molecule has 61 heavy (non-hydrogen) atoms. The monoisotopic (exact) mass is 792 g/mol. The summed E-state index contributed by atoms with van der Waals surface area (Å²) in [7, 11) is 0. The molecule has 282 valence electrons.